The Bertz CT molecular complexity index is 1320. The third kappa shape index (κ3) is 4.80. The van der Waals surface area contributed by atoms with E-state index < -0.39 is 23.0 Å². The minimum absolute atomic E-state index is 0.0895. The molecule has 0 bridgehead atoms. The fourth-order valence-corrected chi connectivity index (χ4v) is 8.03. The first-order valence-electron chi connectivity index (χ1n) is 13.9. The molecule has 0 aliphatic heterocycles. The van der Waals surface area contributed by atoms with Crippen LogP contribution in [0.2, 0.25) is 0 Å². The van der Waals surface area contributed by atoms with E-state index >= 15 is 0 Å². The highest BCUT2D eigenvalue weighted by molar-refractivity contribution is 6.30. The summed E-state index contributed by atoms with van der Waals surface area (Å²) < 4.78 is 6.16. The van der Waals surface area contributed by atoms with Crippen molar-refractivity contribution in [3.63, 3.8) is 0 Å². The molecule has 1 aromatic carbocycles. The Morgan fingerprint density at radius 1 is 1.13 bits per heavy atom. The molecule has 0 saturated heterocycles. The van der Waals surface area contributed by atoms with Gasteiger partial charge < -0.3 is 14.7 Å². The number of hydrogen-bond acceptors (Lipinski definition) is 5. The van der Waals surface area contributed by atoms with E-state index in [-0.39, 0.29) is 30.5 Å². The normalized spacial score (nSPS) is 31.2. The molecule has 0 heterocycles. The summed E-state index contributed by atoms with van der Waals surface area (Å²) in [5.74, 6) is 2.37. The Kier molecular flexibility index (Phi) is 7.41. The van der Waals surface area contributed by atoms with E-state index in [2.05, 4.69) is 47.4 Å². The molecule has 0 radical (unpaired) electrons. The Morgan fingerprint density at radius 2 is 1.87 bits per heavy atom. The molecule has 0 unspecified atom stereocenters. The molecule has 39 heavy (non-hydrogen) atoms. The topological polar surface area (TPSA) is 83.9 Å². The fraction of sp³-hybridized carbons (Fsp3) is 0.531. The molecule has 4 aliphatic rings. The van der Waals surface area contributed by atoms with Crippen molar-refractivity contribution in [3.05, 3.63) is 52.6 Å². The molecule has 5 rings (SSSR count). The smallest absolute Gasteiger partial charge is 0.307 e. The van der Waals surface area contributed by atoms with Gasteiger partial charge in [0.05, 0.1) is 12.8 Å². The monoisotopic (exact) mass is 549 g/mol. The van der Waals surface area contributed by atoms with Gasteiger partial charge in [0.25, 0.3) is 0 Å². The highest BCUT2D eigenvalue weighted by Crippen LogP contribution is 2.67. The van der Waals surface area contributed by atoms with Gasteiger partial charge in [-0.05, 0) is 103 Å². The number of ether oxygens (including phenoxy) is 1. The van der Waals surface area contributed by atoms with Crippen molar-refractivity contribution in [3.8, 4) is 11.3 Å². The van der Waals surface area contributed by atoms with Gasteiger partial charge in [-0.2, -0.15) is 0 Å². The van der Waals surface area contributed by atoms with Crippen LogP contribution in [-0.2, 0) is 19.1 Å². The van der Waals surface area contributed by atoms with Crippen LogP contribution in [-0.4, -0.2) is 42.5 Å². The average Bonchev–Trinajstić information content (AvgIpc) is 3.18. The van der Waals surface area contributed by atoms with E-state index in [4.69, 9.17) is 21.4 Å². The van der Waals surface area contributed by atoms with Gasteiger partial charge in [-0.25, -0.2) is 0 Å². The van der Waals surface area contributed by atoms with Crippen LogP contribution in [0.5, 0.6) is 0 Å². The van der Waals surface area contributed by atoms with Gasteiger partial charge in [-0.3, -0.25) is 14.4 Å². The number of allylic oxidation sites excluding steroid dienone is 4. The van der Waals surface area contributed by atoms with Crippen molar-refractivity contribution in [2.75, 3.05) is 19.0 Å². The van der Waals surface area contributed by atoms with Gasteiger partial charge in [-0.15, -0.1) is 0 Å². The maximum absolute atomic E-state index is 12.9. The first-order valence-corrected chi connectivity index (χ1v) is 14.3. The van der Waals surface area contributed by atoms with E-state index in [1.165, 1.54) is 22.3 Å². The first-order chi connectivity index (χ1) is 18.6. The molecular formula is C32H36ClNO5. The number of esters is 1. The SMILES string of the molecule is CN(C)c1ccc([C@H]2C[C@@]3(C)[C@@H](CC[C@]3(C#CCl)OC(=O)CCC(=O)O)[C@@H]3CCC4=CC(=O)CCC4=C32)cc1. The van der Waals surface area contributed by atoms with E-state index in [0.717, 1.165) is 37.8 Å². The molecule has 0 spiro atoms. The number of anilines is 1. The van der Waals surface area contributed by atoms with Crippen molar-refractivity contribution < 1.29 is 24.2 Å². The molecule has 4 aliphatic carbocycles. The second kappa shape index (κ2) is 10.5. The molecule has 1 N–H and O–H groups in total. The van der Waals surface area contributed by atoms with Gasteiger partial charge in [-0.1, -0.05) is 24.6 Å². The Hall–Kier alpha value is -3.04. The number of carbonyl (C=O) groups excluding carboxylic acids is 2. The lowest BCUT2D eigenvalue weighted by Gasteiger charge is -2.54. The zero-order valence-electron chi connectivity index (χ0n) is 22.9. The molecule has 0 aromatic heterocycles. The van der Waals surface area contributed by atoms with Crippen LogP contribution in [0.3, 0.4) is 0 Å². The minimum Gasteiger partial charge on any atom is -0.481 e. The Labute approximate surface area is 235 Å². The Morgan fingerprint density at radius 3 is 2.54 bits per heavy atom. The molecule has 206 valence electrons. The molecular weight excluding hydrogens is 514 g/mol. The van der Waals surface area contributed by atoms with Crippen LogP contribution in [0, 0.1) is 28.6 Å². The molecule has 7 heteroatoms. The minimum atomic E-state index is -1.08. The third-order valence-corrected chi connectivity index (χ3v) is 9.84. The van der Waals surface area contributed by atoms with Crippen LogP contribution in [0.15, 0.2) is 47.1 Å². The van der Waals surface area contributed by atoms with Gasteiger partial charge in [0.2, 0.25) is 0 Å². The maximum atomic E-state index is 12.9. The summed E-state index contributed by atoms with van der Waals surface area (Å²) in [5, 5.41) is 11.6. The van der Waals surface area contributed by atoms with Crippen molar-refractivity contribution in [1.82, 2.24) is 0 Å². The lowest BCUT2D eigenvalue weighted by atomic mass is 9.51. The number of ketones is 1. The Balaban J connectivity index is 1.61. The largest absolute Gasteiger partial charge is 0.481 e. The van der Waals surface area contributed by atoms with Crippen molar-refractivity contribution in [2.24, 2.45) is 17.3 Å². The number of halogens is 1. The molecule has 2 fully saturated rings. The van der Waals surface area contributed by atoms with Gasteiger partial charge in [0, 0.05) is 42.9 Å². The summed E-state index contributed by atoms with van der Waals surface area (Å²) in [6, 6.07) is 8.67. The highest BCUT2D eigenvalue weighted by atomic mass is 35.5. The standard InChI is InChI=1S/C32H36ClNO5/c1-31-19-26(20-4-7-22(8-5-20)34(2)3)30-24-11-9-23(35)18-21(24)6-10-25(30)27(31)14-15-32(31,16-17-33)39-29(38)13-12-28(36)37/h4-5,7-8,18,25-27H,6,9-15,19H2,1-3H3,(H,36,37)/t25-,26+,27-,31-,32+/m0/s1. The number of benzene rings is 1. The summed E-state index contributed by atoms with van der Waals surface area (Å²) in [6.07, 6.45) is 6.68. The number of carboxylic acid groups (broad SMARTS) is 1. The summed E-state index contributed by atoms with van der Waals surface area (Å²) in [7, 11) is 4.05. The number of fused-ring (bicyclic) bond motifs is 4. The molecule has 1 aromatic rings. The predicted molar refractivity (Wildman–Crippen MR) is 150 cm³/mol. The highest BCUT2D eigenvalue weighted by Gasteiger charge is 2.65. The third-order valence-electron chi connectivity index (χ3n) is 9.75. The van der Waals surface area contributed by atoms with Crippen molar-refractivity contribution >= 4 is 35.0 Å². The number of carbonyl (C=O) groups is 3. The van der Waals surface area contributed by atoms with Crippen LogP contribution < -0.4 is 4.90 Å². The van der Waals surface area contributed by atoms with Crippen LogP contribution in [0.25, 0.3) is 0 Å². The number of carboxylic acids is 1. The number of nitrogens with zero attached hydrogens (tertiary/aromatic N) is 1. The van der Waals surface area contributed by atoms with Crippen molar-refractivity contribution in [2.45, 2.75) is 76.2 Å². The summed E-state index contributed by atoms with van der Waals surface area (Å²) in [4.78, 5) is 38.4. The second-order valence-corrected chi connectivity index (χ2v) is 12.1. The van der Waals surface area contributed by atoms with E-state index in [1.54, 1.807) is 0 Å². The molecule has 6 nitrogen and oxygen atoms in total. The average molecular weight is 550 g/mol. The zero-order chi connectivity index (χ0) is 27.9. The number of aliphatic carboxylic acids is 1. The lowest BCUT2D eigenvalue weighted by Crippen LogP contribution is -2.53. The summed E-state index contributed by atoms with van der Waals surface area (Å²) in [6.45, 7) is 2.19. The van der Waals surface area contributed by atoms with Gasteiger partial charge in [0.15, 0.2) is 11.4 Å². The zero-order valence-corrected chi connectivity index (χ0v) is 23.6. The van der Waals surface area contributed by atoms with E-state index in [9.17, 15) is 14.4 Å². The summed E-state index contributed by atoms with van der Waals surface area (Å²) >= 11 is 6.02. The molecule has 5 atom stereocenters. The predicted octanol–water partition coefficient (Wildman–Crippen LogP) is 6.00. The first kappa shape index (κ1) is 27.5. The van der Waals surface area contributed by atoms with E-state index in [1.807, 2.05) is 20.2 Å². The van der Waals surface area contributed by atoms with Crippen LogP contribution in [0.1, 0.15) is 76.2 Å². The van der Waals surface area contributed by atoms with Gasteiger partial charge in [0.1, 0.15) is 0 Å². The number of rotatable bonds is 6. The summed E-state index contributed by atoms with van der Waals surface area (Å²) in [5.41, 5.74) is 4.78. The second-order valence-electron chi connectivity index (χ2n) is 11.9. The fourth-order valence-electron chi connectivity index (χ4n) is 7.88. The molecule has 2 saturated carbocycles. The lowest BCUT2D eigenvalue weighted by molar-refractivity contribution is -0.168. The van der Waals surface area contributed by atoms with Crippen LogP contribution in [0.4, 0.5) is 5.69 Å². The number of hydrogen-bond donors (Lipinski definition) is 1. The maximum Gasteiger partial charge on any atom is 0.307 e. The van der Waals surface area contributed by atoms with Crippen LogP contribution >= 0.6 is 11.6 Å². The molecule has 0 amide bonds. The van der Waals surface area contributed by atoms with Gasteiger partial charge >= 0.3 is 11.9 Å². The quantitative estimate of drug-likeness (QED) is 0.346. The van der Waals surface area contributed by atoms with Crippen molar-refractivity contribution in [1.29, 1.82) is 0 Å². The van der Waals surface area contributed by atoms with E-state index in [0.29, 0.717) is 18.8 Å².